The largest absolute Gasteiger partial charge is 0.497 e. The Morgan fingerprint density at radius 3 is 2.65 bits per heavy atom. The maximum atomic E-state index is 13.9. The first kappa shape index (κ1) is 14.5. The molecule has 2 rings (SSSR count). The zero-order valence-electron chi connectivity index (χ0n) is 11.6. The van der Waals surface area contributed by atoms with Gasteiger partial charge in [0.1, 0.15) is 11.6 Å². The average Bonchev–Trinajstić information content (AvgIpc) is 2.66. The number of carbonyl (C=O) groups is 2. The highest BCUT2D eigenvalue weighted by Crippen LogP contribution is 2.23. The molecule has 1 N–H and O–H groups in total. The van der Waals surface area contributed by atoms with E-state index in [1.165, 1.54) is 20.2 Å². The number of ether oxygens (including phenoxy) is 1. The lowest BCUT2D eigenvalue weighted by molar-refractivity contribution is -0.137. The first-order valence-corrected chi connectivity index (χ1v) is 6.34. The molecule has 1 aromatic rings. The van der Waals surface area contributed by atoms with E-state index in [2.05, 4.69) is 5.32 Å². The van der Waals surface area contributed by atoms with Gasteiger partial charge in [0.25, 0.3) is 0 Å². The molecule has 1 heterocycles. The summed E-state index contributed by atoms with van der Waals surface area (Å²) in [6, 6.07) is 3.58. The summed E-state index contributed by atoms with van der Waals surface area (Å²) in [5.41, 5.74) is 0.431. The van der Waals surface area contributed by atoms with Gasteiger partial charge in [-0.1, -0.05) is 6.07 Å². The molecule has 6 heteroatoms. The van der Waals surface area contributed by atoms with Crippen molar-refractivity contribution in [2.24, 2.45) is 0 Å². The number of imide groups is 1. The SMILES string of the molecule is COc1ccc(C(C)NC2CC(=O)N(C)C2=O)c(F)c1. The Labute approximate surface area is 116 Å². The summed E-state index contributed by atoms with van der Waals surface area (Å²) in [6.07, 6.45) is 0.109. The third-order valence-electron chi connectivity index (χ3n) is 3.51. The first-order valence-electron chi connectivity index (χ1n) is 6.34. The molecule has 5 nitrogen and oxygen atoms in total. The van der Waals surface area contributed by atoms with Gasteiger partial charge in [0.05, 0.1) is 19.6 Å². The lowest BCUT2D eigenvalue weighted by atomic mass is 10.1. The number of likely N-dealkylation sites (N-methyl/N-ethyl adjacent to an activating group) is 1. The minimum atomic E-state index is -0.594. The fourth-order valence-electron chi connectivity index (χ4n) is 2.26. The summed E-state index contributed by atoms with van der Waals surface area (Å²) in [4.78, 5) is 24.3. The molecule has 0 radical (unpaired) electrons. The monoisotopic (exact) mass is 280 g/mol. The number of hydrogen-bond acceptors (Lipinski definition) is 4. The van der Waals surface area contributed by atoms with E-state index in [4.69, 9.17) is 4.74 Å². The molecule has 108 valence electrons. The lowest BCUT2D eigenvalue weighted by Gasteiger charge is -2.19. The maximum absolute atomic E-state index is 13.9. The lowest BCUT2D eigenvalue weighted by Crippen LogP contribution is -2.38. The topological polar surface area (TPSA) is 58.6 Å². The van der Waals surface area contributed by atoms with Crippen LogP contribution in [0.1, 0.15) is 24.9 Å². The summed E-state index contributed by atoms with van der Waals surface area (Å²) in [5, 5.41) is 2.99. The van der Waals surface area contributed by atoms with Crippen molar-refractivity contribution in [1.29, 1.82) is 0 Å². The van der Waals surface area contributed by atoms with E-state index >= 15 is 0 Å². The average molecular weight is 280 g/mol. The Bertz CT molecular complexity index is 547. The van der Waals surface area contributed by atoms with E-state index in [1.807, 2.05) is 0 Å². The molecule has 1 fully saturated rings. The highest BCUT2D eigenvalue weighted by atomic mass is 19.1. The normalized spacial score (nSPS) is 20.4. The van der Waals surface area contributed by atoms with E-state index in [0.29, 0.717) is 11.3 Å². The van der Waals surface area contributed by atoms with Crippen molar-refractivity contribution >= 4 is 11.8 Å². The van der Waals surface area contributed by atoms with Crippen molar-refractivity contribution in [3.63, 3.8) is 0 Å². The summed E-state index contributed by atoms with van der Waals surface area (Å²) >= 11 is 0. The predicted octanol–water partition coefficient (Wildman–Crippen LogP) is 1.24. The zero-order chi connectivity index (χ0) is 14.9. The van der Waals surface area contributed by atoms with Crippen LogP contribution in [-0.2, 0) is 9.59 Å². The Hall–Kier alpha value is -1.95. The molecule has 1 aliphatic rings. The molecule has 2 amide bonds. The van der Waals surface area contributed by atoms with Gasteiger partial charge < -0.3 is 4.74 Å². The van der Waals surface area contributed by atoms with Crippen LogP contribution in [0.2, 0.25) is 0 Å². The molecule has 0 aliphatic carbocycles. The van der Waals surface area contributed by atoms with Crippen LogP contribution in [0.3, 0.4) is 0 Å². The molecule has 1 saturated heterocycles. The predicted molar refractivity (Wildman–Crippen MR) is 70.7 cm³/mol. The van der Waals surface area contributed by atoms with E-state index in [9.17, 15) is 14.0 Å². The second-order valence-corrected chi connectivity index (χ2v) is 4.82. The number of methoxy groups -OCH3 is 1. The van der Waals surface area contributed by atoms with Gasteiger partial charge in [0, 0.05) is 24.7 Å². The smallest absolute Gasteiger partial charge is 0.246 e. The number of amides is 2. The van der Waals surface area contributed by atoms with Crippen molar-refractivity contribution in [3.05, 3.63) is 29.6 Å². The Balaban J connectivity index is 2.11. The summed E-state index contributed by atoms with van der Waals surface area (Å²) in [6.45, 7) is 1.75. The van der Waals surface area contributed by atoms with E-state index in [-0.39, 0.29) is 24.3 Å². The van der Waals surface area contributed by atoms with Gasteiger partial charge in [-0.25, -0.2) is 4.39 Å². The Morgan fingerprint density at radius 1 is 1.45 bits per heavy atom. The van der Waals surface area contributed by atoms with Crippen molar-refractivity contribution in [2.45, 2.75) is 25.4 Å². The third kappa shape index (κ3) is 2.65. The van der Waals surface area contributed by atoms with Crippen LogP contribution in [0.15, 0.2) is 18.2 Å². The maximum Gasteiger partial charge on any atom is 0.246 e. The standard InChI is InChI=1S/C14H17FN2O3/c1-8(10-5-4-9(20-3)6-11(10)15)16-12-7-13(18)17(2)14(12)19/h4-6,8,12,16H,7H2,1-3H3. The van der Waals surface area contributed by atoms with Crippen LogP contribution in [0.5, 0.6) is 5.75 Å². The van der Waals surface area contributed by atoms with E-state index in [0.717, 1.165) is 4.90 Å². The van der Waals surface area contributed by atoms with Crippen LogP contribution >= 0.6 is 0 Å². The van der Waals surface area contributed by atoms with Crippen LogP contribution < -0.4 is 10.1 Å². The number of benzene rings is 1. The minimum Gasteiger partial charge on any atom is -0.497 e. The molecular weight excluding hydrogens is 263 g/mol. The molecule has 0 saturated carbocycles. The third-order valence-corrected chi connectivity index (χ3v) is 3.51. The summed E-state index contributed by atoms with van der Waals surface area (Å²) in [7, 11) is 2.92. The van der Waals surface area contributed by atoms with Crippen molar-refractivity contribution in [3.8, 4) is 5.75 Å². The Morgan fingerprint density at radius 2 is 2.15 bits per heavy atom. The number of carbonyl (C=O) groups excluding carboxylic acids is 2. The molecule has 0 aromatic heterocycles. The Kier molecular flexibility index (Phi) is 4.04. The number of likely N-dealkylation sites (tertiary alicyclic amines) is 1. The van der Waals surface area contributed by atoms with Gasteiger partial charge in [-0.05, 0) is 13.0 Å². The molecule has 2 unspecified atom stereocenters. The fourth-order valence-corrected chi connectivity index (χ4v) is 2.26. The van der Waals surface area contributed by atoms with Crippen LogP contribution in [0, 0.1) is 5.82 Å². The molecule has 0 spiro atoms. The quantitative estimate of drug-likeness (QED) is 0.843. The second-order valence-electron chi connectivity index (χ2n) is 4.82. The minimum absolute atomic E-state index is 0.109. The van der Waals surface area contributed by atoms with Crippen molar-refractivity contribution in [1.82, 2.24) is 10.2 Å². The summed E-state index contributed by atoms with van der Waals surface area (Å²) in [5.74, 6) is -0.481. The number of hydrogen-bond donors (Lipinski definition) is 1. The summed E-state index contributed by atoms with van der Waals surface area (Å²) < 4.78 is 18.9. The number of nitrogens with one attached hydrogen (secondary N) is 1. The van der Waals surface area contributed by atoms with Crippen LogP contribution in [0.25, 0.3) is 0 Å². The van der Waals surface area contributed by atoms with Crippen molar-refractivity contribution in [2.75, 3.05) is 14.2 Å². The molecule has 20 heavy (non-hydrogen) atoms. The van der Waals surface area contributed by atoms with E-state index in [1.54, 1.807) is 19.1 Å². The number of halogens is 1. The molecule has 2 atom stereocenters. The number of nitrogens with zero attached hydrogens (tertiary/aromatic N) is 1. The first-order chi connectivity index (χ1) is 9.43. The zero-order valence-corrected chi connectivity index (χ0v) is 11.6. The van der Waals surface area contributed by atoms with Crippen LogP contribution in [0.4, 0.5) is 4.39 Å². The van der Waals surface area contributed by atoms with Crippen molar-refractivity contribution < 1.29 is 18.7 Å². The molecule has 1 aliphatic heterocycles. The van der Waals surface area contributed by atoms with Gasteiger partial charge in [0.2, 0.25) is 11.8 Å². The highest BCUT2D eigenvalue weighted by molar-refractivity contribution is 6.05. The fraction of sp³-hybridized carbons (Fsp3) is 0.429. The van der Waals surface area contributed by atoms with Crippen LogP contribution in [-0.4, -0.2) is 36.9 Å². The van der Waals surface area contributed by atoms with Gasteiger partial charge >= 0.3 is 0 Å². The molecule has 1 aromatic carbocycles. The van der Waals surface area contributed by atoms with Gasteiger partial charge in [-0.3, -0.25) is 19.8 Å². The van der Waals surface area contributed by atoms with E-state index < -0.39 is 11.9 Å². The molecule has 0 bridgehead atoms. The highest BCUT2D eigenvalue weighted by Gasteiger charge is 2.36. The second kappa shape index (κ2) is 5.58. The van der Waals surface area contributed by atoms with Gasteiger partial charge in [-0.15, -0.1) is 0 Å². The number of rotatable bonds is 4. The molecular formula is C14H17FN2O3. The van der Waals surface area contributed by atoms with Gasteiger partial charge in [0.15, 0.2) is 0 Å². The van der Waals surface area contributed by atoms with Gasteiger partial charge in [-0.2, -0.15) is 0 Å².